The van der Waals surface area contributed by atoms with Gasteiger partial charge < -0.3 is 20.8 Å². The summed E-state index contributed by atoms with van der Waals surface area (Å²) in [4.78, 5) is 19.4. The zero-order valence-electron chi connectivity index (χ0n) is 15.4. The fourth-order valence-electron chi connectivity index (χ4n) is 3.06. The van der Waals surface area contributed by atoms with Crippen LogP contribution in [0.4, 0.5) is 11.4 Å². The van der Waals surface area contributed by atoms with Gasteiger partial charge in [0.25, 0.3) is 5.91 Å². The van der Waals surface area contributed by atoms with Gasteiger partial charge in [0.2, 0.25) is 0 Å². The number of anilines is 2. The maximum absolute atomic E-state index is 12.0. The summed E-state index contributed by atoms with van der Waals surface area (Å²) in [5, 5.41) is 6.61. The molecule has 6 heteroatoms. The summed E-state index contributed by atoms with van der Waals surface area (Å²) in [6.45, 7) is 2.03. The summed E-state index contributed by atoms with van der Waals surface area (Å²) in [5.74, 6) is 0.116. The van der Waals surface area contributed by atoms with Gasteiger partial charge in [0.05, 0.1) is 0 Å². The van der Waals surface area contributed by atoms with Gasteiger partial charge in [0, 0.05) is 30.9 Å². The van der Waals surface area contributed by atoms with E-state index in [0.29, 0.717) is 12.3 Å². The average molecular weight is 366 g/mol. The lowest BCUT2D eigenvalue weighted by Gasteiger charge is -2.17. The highest BCUT2D eigenvalue weighted by atomic mass is 16.6. The second-order valence-corrected chi connectivity index (χ2v) is 6.63. The number of carbonyl (C=O) groups excluding carboxylic acids is 1. The minimum Gasteiger partial charge on any atom is -0.384 e. The number of aryl methyl sites for hydroxylation is 1. The first-order valence-electron chi connectivity index (χ1n) is 9.34. The van der Waals surface area contributed by atoms with Crippen molar-refractivity contribution in [2.75, 3.05) is 29.9 Å². The maximum atomic E-state index is 12.0. The first-order valence-corrected chi connectivity index (χ1v) is 9.34. The molecule has 6 nitrogen and oxygen atoms in total. The summed E-state index contributed by atoms with van der Waals surface area (Å²) in [7, 11) is 0. The lowest BCUT2D eigenvalue weighted by atomic mass is 10.1. The van der Waals surface area contributed by atoms with E-state index in [4.69, 9.17) is 10.6 Å². The van der Waals surface area contributed by atoms with Crippen LogP contribution in [0.15, 0.2) is 59.8 Å². The number of hydrogen-bond donors (Lipinski definition) is 2. The van der Waals surface area contributed by atoms with E-state index in [2.05, 4.69) is 15.4 Å². The number of rotatable bonds is 8. The third-order valence-electron chi connectivity index (χ3n) is 4.51. The molecule has 0 unspecified atom stereocenters. The van der Waals surface area contributed by atoms with Gasteiger partial charge in [-0.05, 0) is 49.1 Å². The number of carbonyl (C=O) groups is 1. The van der Waals surface area contributed by atoms with Gasteiger partial charge in [-0.25, -0.2) is 0 Å². The lowest BCUT2D eigenvalue weighted by molar-refractivity contribution is -0.120. The van der Waals surface area contributed by atoms with E-state index >= 15 is 0 Å². The predicted molar refractivity (Wildman–Crippen MR) is 109 cm³/mol. The fraction of sp³-hybridized carbons (Fsp3) is 0.333. The number of benzene rings is 2. The molecule has 1 aliphatic rings. The molecule has 1 fully saturated rings. The summed E-state index contributed by atoms with van der Waals surface area (Å²) in [6.07, 6.45) is 3.86. The predicted octanol–water partition coefficient (Wildman–Crippen LogP) is 3.15. The monoisotopic (exact) mass is 366 g/mol. The molecule has 3 rings (SSSR count). The van der Waals surface area contributed by atoms with Crippen LogP contribution in [0, 0.1) is 0 Å². The number of hydrogen-bond acceptors (Lipinski definition) is 4. The first-order chi connectivity index (χ1) is 13.2. The van der Waals surface area contributed by atoms with Crippen LogP contribution < -0.4 is 16.0 Å². The number of nitrogens with one attached hydrogen (secondary N) is 1. The zero-order valence-corrected chi connectivity index (χ0v) is 15.4. The highest BCUT2D eigenvalue weighted by Crippen LogP contribution is 2.21. The largest absolute Gasteiger partial charge is 0.384 e. The number of nitrogens with zero attached hydrogens (tertiary/aromatic N) is 2. The Morgan fingerprint density at radius 1 is 1.07 bits per heavy atom. The van der Waals surface area contributed by atoms with Gasteiger partial charge in [0.15, 0.2) is 6.61 Å². The van der Waals surface area contributed by atoms with E-state index in [1.807, 2.05) is 54.6 Å². The molecule has 0 aliphatic carbocycles. The Hall–Kier alpha value is -3.02. The Kier molecular flexibility index (Phi) is 6.68. The molecule has 142 valence electrons. The highest BCUT2D eigenvalue weighted by Gasteiger charge is 2.12. The van der Waals surface area contributed by atoms with Crippen LogP contribution in [0.2, 0.25) is 0 Å². The normalized spacial score (nSPS) is 14.2. The molecule has 1 heterocycles. The number of amidine groups is 1. The molecule has 0 radical (unpaired) electrons. The Labute approximate surface area is 160 Å². The van der Waals surface area contributed by atoms with Gasteiger partial charge in [-0.1, -0.05) is 35.5 Å². The molecule has 1 saturated heterocycles. The van der Waals surface area contributed by atoms with Crippen molar-refractivity contribution in [1.29, 1.82) is 0 Å². The molecule has 0 bridgehead atoms. The van der Waals surface area contributed by atoms with Gasteiger partial charge in [-0.15, -0.1) is 0 Å². The summed E-state index contributed by atoms with van der Waals surface area (Å²) in [6, 6.07) is 17.9. The summed E-state index contributed by atoms with van der Waals surface area (Å²) in [5.41, 5.74) is 8.95. The van der Waals surface area contributed by atoms with Crippen LogP contribution in [-0.2, 0) is 16.1 Å². The van der Waals surface area contributed by atoms with Gasteiger partial charge in [-0.3, -0.25) is 4.79 Å². The minimum atomic E-state index is -0.261. The first kappa shape index (κ1) is 18.8. The molecule has 0 spiro atoms. The molecular weight excluding hydrogens is 340 g/mol. The van der Waals surface area contributed by atoms with E-state index < -0.39 is 0 Å². The SMILES string of the molecule is N/C(CCc1ccccc1)=N\OCC(=O)Nc1ccc(N2CCCC2)cc1. The van der Waals surface area contributed by atoms with Crippen molar-refractivity contribution in [2.45, 2.75) is 25.7 Å². The van der Waals surface area contributed by atoms with Crippen LogP contribution in [0.1, 0.15) is 24.8 Å². The topological polar surface area (TPSA) is 80.0 Å². The molecular formula is C21H26N4O2. The van der Waals surface area contributed by atoms with Crippen LogP contribution >= 0.6 is 0 Å². The van der Waals surface area contributed by atoms with E-state index in [9.17, 15) is 4.79 Å². The number of oxime groups is 1. The molecule has 2 aromatic carbocycles. The molecule has 2 aromatic rings. The Bertz CT molecular complexity index is 754. The van der Waals surface area contributed by atoms with E-state index in [1.54, 1.807) is 0 Å². The maximum Gasteiger partial charge on any atom is 0.265 e. The molecule has 0 aromatic heterocycles. The molecule has 1 amide bonds. The Morgan fingerprint density at radius 3 is 2.48 bits per heavy atom. The van der Waals surface area contributed by atoms with Crippen molar-refractivity contribution < 1.29 is 9.63 Å². The molecule has 1 aliphatic heterocycles. The van der Waals surface area contributed by atoms with Crippen molar-refractivity contribution in [1.82, 2.24) is 0 Å². The second kappa shape index (κ2) is 9.62. The lowest BCUT2D eigenvalue weighted by Crippen LogP contribution is -2.20. The molecule has 3 N–H and O–H groups in total. The van der Waals surface area contributed by atoms with Crippen LogP contribution in [0.25, 0.3) is 0 Å². The van der Waals surface area contributed by atoms with Crippen molar-refractivity contribution in [3.8, 4) is 0 Å². The van der Waals surface area contributed by atoms with Crippen molar-refractivity contribution >= 4 is 23.1 Å². The average Bonchev–Trinajstić information content (AvgIpc) is 3.22. The number of amides is 1. The second-order valence-electron chi connectivity index (χ2n) is 6.63. The summed E-state index contributed by atoms with van der Waals surface area (Å²) >= 11 is 0. The molecule has 0 saturated carbocycles. The quantitative estimate of drug-likeness (QED) is 0.427. The Balaban J connectivity index is 1.38. The minimum absolute atomic E-state index is 0.167. The van der Waals surface area contributed by atoms with Crippen molar-refractivity contribution in [3.63, 3.8) is 0 Å². The van der Waals surface area contributed by atoms with E-state index in [0.717, 1.165) is 25.2 Å². The fourth-order valence-corrected chi connectivity index (χ4v) is 3.06. The van der Waals surface area contributed by atoms with Crippen LogP contribution in [0.3, 0.4) is 0 Å². The van der Waals surface area contributed by atoms with Crippen LogP contribution in [0.5, 0.6) is 0 Å². The Morgan fingerprint density at radius 2 is 1.78 bits per heavy atom. The highest BCUT2D eigenvalue weighted by molar-refractivity contribution is 5.92. The van der Waals surface area contributed by atoms with Crippen molar-refractivity contribution in [3.05, 3.63) is 60.2 Å². The summed E-state index contributed by atoms with van der Waals surface area (Å²) < 4.78 is 0. The van der Waals surface area contributed by atoms with Crippen molar-refractivity contribution in [2.24, 2.45) is 10.9 Å². The third kappa shape index (κ3) is 6.02. The molecule has 0 atom stereocenters. The van der Waals surface area contributed by atoms with Gasteiger partial charge in [0.1, 0.15) is 5.84 Å². The van der Waals surface area contributed by atoms with E-state index in [-0.39, 0.29) is 12.5 Å². The number of nitrogens with two attached hydrogens (primary N) is 1. The zero-order chi connectivity index (χ0) is 18.9. The third-order valence-corrected chi connectivity index (χ3v) is 4.51. The van der Waals surface area contributed by atoms with E-state index in [1.165, 1.54) is 24.1 Å². The van der Waals surface area contributed by atoms with Gasteiger partial charge in [-0.2, -0.15) is 0 Å². The van der Waals surface area contributed by atoms with Crippen LogP contribution in [-0.4, -0.2) is 31.4 Å². The van der Waals surface area contributed by atoms with Gasteiger partial charge >= 0.3 is 0 Å². The standard InChI is InChI=1S/C21H26N4O2/c22-20(13-8-17-6-2-1-3-7-17)24-27-16-21(26)23-18-9-11-19(12-10-18)25-14-4-5-15-25/h1-3,6-7,9-12H,4-5,8,13-16H2,(H2,22,24)(H,23,26). The molecule has 27 heavy (non-hydrogen) atoms. The smallest absolute Gasteiger partial charge is 0.265 e.